The molecule has 0 saturated carbocycles. The first-order valence-corrected chi connectivity index (χ1v) is 6.89. The van der Waals surface area contributed by atoms with Gasteiger partial charge >= 0.3 is 0 Å². The second-order valence-electron chi connectivity index (χ2n) is 4.68. The van der Waals surface area contributed by atoms with Crippen molar-refractivity contribution < 1.29 is 9.50 Å². The summed E-state index contributed by atoms with van der Waals surface area (Å²) in [6.07, 6.45) is 1.58. The highest BCUT2D eigenvalue weighted by atomic mass is 32.1. The second kappa shape index (κ2) is 5.21. The Morgan fingerprint density at radius 3 is 2.28 bits per heavy atom. The van der Waals surface area contributed by atoms with Crippen molar-refractivity contribution in [3.8, 4) is 0 Å². The summed E-state index contributed by atoms with van der Waals surface area (Å²) in [5, 5.41) is 10.5. The smallest absolute Gasteiger partial charge is 0.123 e. The van der Waals surface area contributed by atoms with E-state index in [1.165, 1.54) is 17.0 Å². The third kappa shape index (κ3) is 2.98. The van der Waals surface area contributed by atoms with Crippen LogP contribution in [0.1, 0.15) is 29.2 Å². The summed E-state index contributed by atoms with van der Waals surface area (Å²) in [4.78, 5) is 2.47. The second-order valence-corrected chi connectivity index (χ2v) is 5.93. The fourth-order valence-electron chi connectivity index (χ4n) is 1.96. The van der Waals surface area contributed by atoms with Gasteiger partial charge in [-0.25, -0.2) is 4.39 Å². The van der Waals surface area contributed by atoms with Gasteiger partial charge in [0.1, 0.15) is 5.82 Å². The molecule has 18 heavy (non-hydrogen) atoms. The maximum absolute atomic E-state index is 12.9. The third-order valence-electron chi connectivity index (χ3n) is 3.05. The molecule has 96 valence electrons. The molecule has 2 rings (SSSR count). The molecule has 1 unspecified atom stereocenters. The SMILES string of the molecule is CCc1ccc(CC(C)(O)c2ccc(F)cc2)s1. The van der Waals surface area contributed by atoms with E-state index < -0.39 is 5.60 Å². The van der Waals surface area contributed by atoms with E-state index in [1.807, 2.05) is 0 Å². The minimum absolute atomic E-state index is 0.279. The van der Waals surface area contributed by atoms with Crippen LogP contribution in [-0.2, 0) is 18.4 Å². The van der Waals surface area contributed by atoms with Gasteiger partial charge in [0, 0.05) is 16.2 Å². The van der Waals surface area contributed by atoms with Crippen molar-refractivity contribution in [1.82, 2.24) is 0 Å². The highest BCUT2D eigenvalue weighted by Crippen LogP contribution is 2.29. The van der Waals surface area contributed by atoms with Crippen molar-refractivity contribution in [3.63, 3.8) is 0 Å². The Labute approximate surface area is 111 Å². The van der Waals surface area contributed by atoms with E-state index >= 15 is 0 Å². The lowest BCUT2D eigenvalue weighted by Gasteiger charge is -2.23. The molecule has 0 saturated heterocycles. The van der Waals surface area contributed by atoms with E-state index in [9.17, 15) is 9.50 Å². The number of hydrogen-bond donors (Lipinski definition) is 1. The van der Waals surface area contributed by atoms with Crippen LogP contribution in [0.25, 0.3) is 0 Å². The monoisotopic (exact) mass is 264 g/mol. The Morgan fingerprint density at radius 1 is 1.11 bits per heavy atom. The highest BCUT2D eigenvalue weighted by Gasteiger charge is 2.24. The van der Waals surface area contributed by atoms with E-state index in [2.05, 4.69) is 19.1 Å². The fraction of sp³-hybridized carbons (Fsp3) is 0.333. The topological polar surface area (TPSA) is 20.2 Å². The largest absolute Gasteiger partial charge is 0.385 e. The van der Waals surface area contributed by atoms with Crippen LogP contribution in [-0.4, -0.2) is 5.11 Å². The zero-order chi connectivity index (χ0) is 13.2. The molecule has 0 aliphatic rings. The standard InChI is InChI=1S/C15H17FOS/c1-3-13-8-9-14(18-13)10-15(2,17)11-4-6-12(16)7-5-11/h4-9,17H,3,10H2,1-2H3. The molecular formula is C15H17FOS. The lowest BCUT2D eigenvalue weighted by molar-refractivity contribution is 0.0584. The average Bonchev–Trinajstić information content (AvgIpc) is 2.76. The molecule has 1 heterocycles. The van der Waals surface area contributed by atoms with Gasteiger partial charge in [0.05, 0.1) is 5.60 Å². The predicted octanol–water partition coefficient (Wildman–Crippen LogP) is 3.90. The third-order valence-corrected chi connectivity index (χ3v) is 4.28. The molecule has 1 nitrogen and oxygen atoms in total. The van der Waals surface area contributed by atoms with Crippen LogP contribution >= 0.6 is 11.3 Å². The van der Waals surface area contributed by atoms with Crippen molar-refractivity contribution in [1.29, 1.82) is 0 Å². The Bertz CT molecular complexity index is 514. The van der Waals surface area contributed by atoms with Gasteiger partial charge in [-0.15, -0.1) is 11.3 Å². The summed E-state index contributed by atoms with van der Waals surface area (Å²) in [5.74, 6) is -0.279. The molecule has 1 atom stereocenters. The molecule has 1 aromatic heterocycles. The Hall–Kier alpha value is -1.19. The van der Waals surface area contributed by atoms with Crippen LogP contribution in [0, 0.1) is 5.82 Å². The minimum atomic E-state index is -0.955. The highest BCUT2D eigenvalue weighted by molar-refractivity contribution is 7.12. The average molecular weight is 264 g/mol. The van der Waals surface area contributed by atoms with Gasteiger partial charge in [-0.2, -0.15) is 0 Å². The van der Waals surface area contributed by atoms with Gasteiger partial charge in [0.15, 0.2) is 0 Å². The Balaban J connectivity index is 2.18. The first-order chi connectivity index (χ1) is 8.51. The molecule has 1 N–H and O–H groups in total. The lowest BCUT2D eigenvalue weighted by Crippen LogP contribution is -2.23. The van der Waals surface area contributed by atoms with Crippen molar-refractivity contribution in [2.75, 3.05) is 0 Å². The summed E-state index contributed by atoms with van der Waals surface area (Å²) in [7, 11) is 0. The molecule has 0 spiro atoms. The predicted molar refractivity (Wildman–Crippen MR) is 73.4 cm³/mol. The van der Waals surface area contributed by atoms with Crippen molar-refractivity contribution in [2.24, 2.45) is 0 Å². The number of rotatable bonds is 4. The summed E-state index contributed by atoms with van der Waals surface area (Å²) in [5.41, 5.74) is -0.209. The number of benzene rings is 1. The molecule has 3 heteroatoms. The first kappa shape index (κ1) is 13.2. The van der Waals surface area contributed by atoms with Crippen LogP contribution in [0.5, 0.6) is 0 Å². The number of aryl methyl sites for hydroxylation is 1. The van der Waals surface area contributed by atoms with E-state index in [0.717, 1.165) is 16.9 Å². The number of hydrogen-bond acceptors (Lipinski definition) is 2. The lowest BCUT2D eigenvalue weighted by atomic mass is 9.92. The maximum atomic E-state index is 12.9. The van der Waals surface area contributed by atoms with Gasteiger partial charge in [-0.1, -0.05) is 19.1 Å². The Kier molecular flexibility index (Phi) is 3.83. The van der Waals surface area contributed by atoms with Crippen LogP contribution in [0.4, 0.5) is 4.39 Å². The normalized spacial score (nSPS) is 14.4. The molecule has 0 fully saturated rings. The zero-order valence-corrected chi connectivity index (χ0v) is 11.4. The molecule has 0 aliphatic heterocycles. The van der Waals surface area contributed by atoms with Gasteiger partial charge in [0.2, 0.25) is 0 Å². The van der Waals surface area contributed by atoms with Crippen molar-refractivity contribution in [2.45, 2.75) is 32.3 Å². The quantitative estimate of drug-likeness (QED) is 0.888. The van der Waals surface area contributed by atoms with Gasteiger partial charge in [-0.3, -0.25) is 0 Å². The molecule has 2 aromatic rings. The molecule has 1 aromatic carbocycles. The van der Waals surface area contributed by atoms with Crippen LogP contribution in [0.3, 0.4) is 0 Å². The van der Waals surface area contributed by atoms with E-state index in [1.54, 1.807) is 30.4 Å². The zero-order valence-electron chi connectivity index (χ0n) is 10.6. The number of aliphatic hydroxyl groups is 1. The first-order valence-electron chi connectivity index (χ1n) is 6.07. The number of thiophene rings is 1. The summed E-state index contributed by atoms with van der Waals surface area (Å²) >= 11 is 1.72. The minimum Gasteiger partial charge on any atom is -0.385 e. The summed E-state index contributed by atoms with van der Waals surface area (Å²) < 4.78 is 12.9. The van der Waals surface area contributed by atoms with Crippen molar-refractivity contribution >= 4 is 11.3 Å². The molecule has 0 aliphatic carbocycles. The Morgan fingerprint density at radius 2 is 1.72 bits per heavy atom. The van der Waals surface area contributed by atoms with Gasteiger partial charge < -0.3 is 5.11 Å². The van der Waals surface area contributed by atoms with Gasteiger partial charge in [0.25, 0.3) is 0 Å². The molecule has 0 radical (unpaired) electrons. The van der Waals surface area contributed by atoms with Crippen LogP contribution in [0.15, 0.2) is 36.4 Å². The van der Waals surface area contributed by atoms with E-state index in [-0.39, 0.29) is 5.82 Å². The van der Waals surface area contributed by atoms with Crippen LogP contribution < -0.4 is 0 Å². The van der Waals surface area contributed by atoms with Crippen LogP contribution in [0.2, 0.25) is 0 Å². The van der Waals surface area contributed by atoms with E-state index in [4.69, 9.17) is 0 Å². The number of halogens is 1. The maximum Gasteiger partial charge on any atom is 0.123 e. The summed E-state index contributed by atoms with van der Waals surface area (Å²) in [6, 6.07) is 10.2. The molecule has 0 amide bonds. The van der Waals surface area contributed by atoms with Gasteiger partial charge in [-0.05, 0) is 43.2 Å². The fourth-order valence-corrected chi connectivity index (χ4v) is 3.06. The summed E-state index contributed by atoms with van der Waals surface area (Å²) in [6.45, 7) is 3.89. The molecular weight excluding hydrogens is 247 g/mol. The van der Waals surface area contributed by atoms with Crippen molar-refractivity contribution in [3.05, 3.63) is 57.5 Å². The molecule has 0 bridgehead atoms. The van der Waals surface area contributed by atoms with E-state index in [0.29, 0.717) is 6.42 Å².